The van der Waals surface area contributed by atoms with Crippen LogP contribution < -0.4 is 5.73 Å². The third-order valence-electron chi connectivity index (χ3n) is 2.35. The molecule has 0 saturated carbocycles. The van der Waals surface area contributed by atoms with Crippen molar-refractivity contribution in [3.63, 3.8) is 0 Å². The summed E-state index contributed by atoms with van der Waals surface area (Å²) in [7, 11) is 0. The summed E-state index contributed by atoms with van der Waals surface area (Å²) in [4.78, 5) is 0. The summed E-state index contributed by atoms with van der Waals surface area (Å²) in [6.07, 6.45) is 2.64. The van der Waals surface area contributed by atoms with Crippen molar-refractivity contribution in [2.45, 2.75) is 20.3 Å². The molecule has 0 unspecified atom stereocenters. The number of nitrogen functional groups attached to an aromatic ring is 1. The highest BCUT2D eigenvalue weighted by Gasteiger charge is 2.13. The highest BCUT2D eigenvalue weighted by molar-refractivity contribution is 5.69. The summed E-state index contributed by atoms with van der Waals surface area (Å²) in [6, 6.07) is 0. The zero-order valence-electron chi connectivity index (χ0n) is 8.26. The van der Waals surface area contributed by atoms with Gasteiger partial charge < -0.3 is 5.73 Å². The molecule has 0 aromatic carbocycles. The van der Waals surface area contributed by atoms with Crippen LogP contribution in [0.15, 0.2) is 6.20 Å². The Morgan fingerprint density at radius 1 is 1.43 bits per heavy atom. The molecule has 0 aliphatic carbocycles. The first-order valence-corrected chi connectivity index (χ1v) is 4.57. The van der Waals surface area contributed by atoms with Crippen LogP contribution in [-0.4, -0.2) is 20.4 Å². The van der Waals surface area contributed by atoms with Crippen LogP contribution in [0, 0.1) is 6.92 Å². The lowest BCUT2D eigenvalue weighted by Gasteiger charge is -1.98. The fraction of sp³-hybridized carbons (Fsp3) is 0.333. The number of aryl methyl sites for hydroxylation is 1. The molecular formula is C9H13N5. The molecule has 0 atom stereocenters. The topological polar surface area (TPSA) is 83.4 Å². The average Bonchev–Trinajstić information content (AvgIpc) is 2.71. The Hall–Kier alpha value is -1.78. The van der Waals surface area contributed by atoms with E-state index in [4.69, 9.17) is 5.73 Å². The highest BCUT2D eigenvalue weighted by atomic mass is 15.2. The first kappa shape index (κ1) is 8.80. The molecule has 5 heteroatoms. The van der Waals surface area contributed by atoms with Crippen LogP contribution in [-0.2, 0) is 6.42 Å². The first-order valence-electron chi connectivity index (χ1n) is 4.57. The second kappa shape index (κ2) is 3.17. The summed E-state index contributed by atoms with van der Waals surface area (Å²) in [5.74, 6) is 0.572. The standard InChI is InChI=1S/C9H13N5/c1-3-6-8(13-14-9(6)10)7-4-11-12-5(7)2/h4H,3H2,1-2H3,(H,11,12)(H3,10,13,14). The van der Waals surface area contributed by atoms with E-state index in [0.717, 1.165) is 28.9 Å². The van der Waals surface area contributed by atoms with E-state index in [1.165, 1.54) is 0 Å². The zero-order valence-corrected chi connectivity index (χ0v) is 8.26. The number of aromatic nitrogens is 4. The Kier molecular flexibility index (Phi) is 1.99. The predicted molar refractivity (Wildman–Crippen MR) is 54.7 cm³/mol. The van der Waals surface area contributed by atoms with Gasteiger partial charge in [0.2, 0.25) is 0 Å². The van der Waals surface area contributed by atoms with Gasteiger partial charge in [0.15, 0.2) is 0 Å². The molecule has 0 bridgehead atoms. The van der Waals surface area contributed by atoms with E-state index in [9.17, 15) is 0 Å². The number of anilines is 1. The van der Waals surface area contributed by atoms with Gasteiger partial charge in [-0.05, 0) is 13.3 Å². The van der Waals surface area contributed by atoms with Crippen molar-refractivity contribution in [1.82, 2.24) is 20.4 Å². The molecule has 4 N–H and O–H groups in total. The van der Waals surface area contributed by atoms with Crippen LogP contribution in [0.1, 0.15) is 18.2 Å². The minimum absolute atomic E-state index is 0.572. The third kappa shape index (κ3) is 1.17. The Morgan fingerprint density at radius 2 is 2.21 bits per heavy atom. The van der Waals surface area contributed by atoms with E-state index in [2.05, 4.69) is 27.3 Å². The van der Waals surface area contributed by atoms with Gasteiger partial charge in [0.05, 0.1) is 11.9 Å². The van der Waals surface area contributed by atoms with Crippen LogP contribution in [0.3, 0.4) is 0 Å². The molecule has 0 spiro atoms. The summed E-state index contributed by atoms with van der Waals surface area (Å²) in [5, 5.41) is 13.8. The number of rotatable bonds is 2. The summed E-state index contributed by atoms with van der Waals surface area (Å²) in [6.45, 7) is 4.03. The van der Waals surface area contributed by atoms with Crippen LogP contribution in [0.2, 0.25) is 0 Å². The van der Waals surface area contributed by atoms with E-state index in [1.807, 2.05) is 6.92 Å². The number of nitrogens with one attached hydrogen (secondary N) is 2. The van der Waals surface area contributed by atoms with Gasteiger partial charge in [-0.3, -0.25) is 10.2 Å². The molecule has 2 aromatic heterocycles. The lowest BCUT2D eigenvalue weighted by atomic mass is 10.1. The molecule has 74 valence electrons. The normalized spacial score (nSPS) is 10.7. The van der Waals surface area contributed by atoms with Gasteiger partial charge in [-0.1, -0.05) is 6.92 Å². The van der Waals surface area contributed by atoms with Gasteiger partial charge in [-0.25, -0.2) is 0 Å². The SMILES string of the molecule is CCc1c(N)n[nH]c1-c1cn[nH]c1C. The van der Waals surface area contributed by atoms with Crippen molar-refractivity contribution in [2.24, 2.45) is 0 Å². The summed E-state index contributed by atoms with van der Waals surface area (Å²) in [5.41, 5.74) is 9.80. The summed E-state index contributed by atoms with van der Waals surface area (Å²) >= 11 is 0. The Bertz CT molecular complexity index is 440. The zero-order chi connectivity index (χ0) is 10.1. The van der Waals surface area contributed by atoms with E-state index >= 15 is 0 Å². The number of H-pyrrole nitrogens is 2. The van der Waals surface area contributed by atoms with Gasteiger partial charge in [-0.15, -0.1) is 0 Å². The number of hydrogen-bond acceptors (Lipinski definition) is 3. The highest BCUT2D eigenvalue weighted by Crippen LogP contribution is 2.26. The second-order valence-corrected chi connectivity index (χ2v) is 3.22. The average molecular weight is 191 g/mol. The molecule has 2 heterocycles. The number of hydrogen-bond donors (Lipinski definition) is 3. The third-order valence-corrected chi connectivity index (χ3v) is 2.35. The number of aromatic amines is 2. The van der Waals surface area contributed by atoms with Gasteiger partial charge in [-0.2, -0.15) is 10.2 Å². The maximum absolute atomic E-state index is 5.74. The molecular weight excluding hydrogens is 178 g/mol. The number of nitrogens with two attached hydrogens (primary N) is 1. The summed E-state index contributed by atoms with van der Waals surface area (Å²) < 4.78 is 0. The van der Waals surface area contributed by atoms with Crippen LogP contribution in [0.4, 0.5) is 5.82 Å². The van der Waals surface area contributed by atoms with E-state index < -0.39 is 0 Å². The maximum Gasteiger partial charge on any atom is 0.149 e. The fourth-order valence-corrected chi connectivity index (χ4v) is 1.56. The van der Waals surface area contributed by atoms with Crippen molar-refractivity contribution in [3.05, 3.63) is 17.5 Å². The van der Waals surface area contributed by atoms with Gasteiger partial charge in [0.25, 0.3) is 0 Å². The minimum atomic E-state index is 0.572. The molecule has 0 aliphatic rings. The molecule has 0 fully saturated rings. The largest absolute Gasteiger partial charge is 0.382 e. The van der Waals surface area contributed by atoms with E-state index in [1.54, 1.807) is 6.20 Å². The van der Waals surface area contributed by atoms with Crippen molar-refractivity contribution in [1.29, 1.82) is 0 Å². The Balaban J connectivity index is 2.57. The van der Waals surface area contributed by atoms with Crippen LogP contribution in [0.5, 0.6) is 0 Å². The van der Waals surface area contributed by atoms with Gasteiger partial charge >= 0.3 is 0 Å². The lowest BCUT2D eigenvalue weighted by Crippen LogP contribution is -1.91. The predicted octanol–water partition coefficient (Wildman–Crippen LogP) is 1.25. The minimum Gasteiger partial charge on any atom is -0.382 e. The molecule has 0 amide bonds. The van der Waals surface area contributed by atoms with E-state index in [-0.39, 0.29) is 0 Å². The Morgan fingerprint density at radius 3 is 2.79 bits per heavy atom. The van der Waals surface area contributed by atoms with Gasteiger partial charge in [0.1, 0.15) is 5.82 Å². The Labute approximate surface area is 81.7 Å². The lowest BCUT2D eigenvalue weighted by molar-refractivity contribution is 1.05. The maximum atomic E-state index is 5.74. The molecule has 2 aromatic rings. The number of nitrogens with zero attached hydrogens (tertiary/aromatic N) is 2. The fourth-order valence-electron chi connectivity index (χ4n) is 1.56. The van der Waals surface area contributed by atoms with Crippen molar-refractivity contribution >= 4 is 5.82 Å². The second-order valence-electron chi connectivity index (χ2n) is 3.22. The molecule has 5 nitrogen and oxygen atoms in total. The molecule has 0 saturated heterocycles. The smallest absolute Gasteiger partial charge is 0.149 e. The first-order chi connectivity index (χ1) is 6.74. The van der Waals surface area contributed by atoms with Crippen molar-refractivity contribution < 1.29 is 0 Å². The monoisotopic (exact) mass is 191 g/mol. The molecule has 14 heavy (non-hydrogen) atoms. The van der Waals surface area contributed by atoms with Gasteiger partial charge in [0, 0.05) is 16.8 Å². The van der Waals surface area contributed by atoms with Crippen molar-refractivity contribution in [2.75, 3.05) is 5.73 Å². The van der Waals surface area contributed by atoms with Crippen LogP contribution >= 0.6 is 0 Å². The van der Waals surface area contributed by atoms with Crippen molar-refractivity contribution in [3.8, 4) is 11.3 Å². The molecule has 0 aliphatic heterocycles. The quantitative estimate of drug-likeness (QED) is 0.668. The molecule has 2 rings (SSSR count). The van der Waals surface area contributed by atoms with E-state index in [0.29, 0.717) is 5.82 Å². The molecule has 0 radical (unpaired) electrons. The van der Waals surface area contributed by atoms with Crippen LogP contribution in [0.25, 0.3) is 11.3 Å².